The van der Waals surface area contributed by atoms with E-state index in [9.17, 15) is 29.4 Å². The molecule has 2 aliphatic rings. The van der Waals surface area contributed by atoms with Crippen molar-refractivity contribution in [1.82, 2.24) is 20.4 Å². The molecule has 2 aliphatic heterocycles. The lowest BCUT2D eigenvalue weighted by molar-refractivity contribution is -0.151. The molecule has 3 atom stereocenters. The number of carboxylic acid groups (broad SMARTS) is 2. The Morgan fingerprint density at radius 2 is 1.97 bits per heavy atom. The number of benzene rings is 1. The smallest absolute Gasteiger partial charge is 0.352 e. The van der Waals surface area contributed by atoms with Gasteiger partial charge < -0.3 is 25.1 Å². The molecule has 2 amide bonds. The van der Waals surface area contributed by atoms with Gasteiger partial charge in [0.05, 0.1) is 0 Å². The summed E-state index contributed by atoms with van der Waals surface area (Å²) >= 11 is 2.31. The van der Waals surface area contributed by atoms with Crippen molar-refractivity contribution in [3.8, 4) is 0 Å². The van der Waals surface area contributed by atoms with Gasteiger partial charge in [0.25, 0.3) is 17.0 Å². The van der Waals surface area contributed by atoms with Crippen LogP contribution in [0, 0.1) is 0 Å². The van der Waals surface area contributed by atoms with E-state index in [2.05, 4.69) is 15.5 Å². The lowest BCUT2D eigenvalue weighted by Crippen LogP contribution is -2.70. The predicted octanol–water partition coefficient (Wildman–Crippen LogP) is 0.261. The quantitative estimate of drug-likeness (QED) is 0.269. The fourth-order valence-corrected chi connectivity index (χ4v) is 5.72. The lowest BCUT2D eigenvalue weighted by atomic mass is 10.0. The third kappa shape index (κ3) is 4.78. The summed E-state index contributed by atoms with van der Waals surface area (Å²) < 4.78 is 5.22. The topological polar surface area (TPSA) is 183 Å². The average molecular weight is 507 g/mol. The van der Waals surface area contributed by atoms with Crippen molar-refractivity contribution < 1.29 is 38.9 Å². The average Bonchev–Trinajstić information content (AvgIpc) is 3.26. The number of carbonyl (C=O) groups excluding carboxylic acids is 2. The number of fused-ring (bicyclic) bond motifs is 1. The summed E-state index contributed by atoms with van der Waals surface area (Å²) in [7, 11) is 0. The highest BCUT2D eigenvalue weighted by molar-refractivity contribution is 8.01. The minimum absolute atomic E-state index is 0.0743. The Morgan fingerprint density at radius 3 is 2.65 bits per heavy atom. The van der Waals surface area contributed by atoms with Crippen LogP contribution in [-0.2, 0) is 25.6 Å². The number of amides is 2. The van der Waals surface area contributed by atoms with E-state index in [1.807, 2.05) is 0 Å². The number of carbonyl (C=O) groups is 4. The van der Waals surface area contributed by atoms with Gasteiger partial charge in [-0.2, -0.15) is 0 Å². The first kappa shape index (κ1) is 23.8. The Balaban J connectivity index is 1.43. The Morgan fingerprint density at radius 1 is 1.24 bits per heavy atom. The first-order chi connectivity index (χ1) is 16.3. The van der Waals surface area contributed by atoms with Crippen LogP contribution in [0.1, 0.15) is 17.6 Å². The zero-order valence-corrected chi connectivity index (χ0v) is 18.9. The maximum atomic E-state index is 12.7. The van der Waals surface area contributed by atoms with E-state index in [-0.39, 0.29) is 28.3 Å². The van der Waals surface area contributed by atoms with E-state index in [0.29, 0.717) is 11.1 Å². The molecule has 0 aliphatic carbocycles. The summed E-state index contributed by atoms with van der Waals surface area (Å²) in [5.74, 6) is -3.43. The van der Waals surface area contributed by atoms with Gasteiger partial charge in [-0.15, -0.1) is 22.0 Å². The minimum atomic E-state index is -1.46. The van der Waals surface area contributed by atoms with Gasteiger partial charge >= 0.3 is 11.9 Å². The molecule has 1 aromatic heterocycles. The second-order valence-electron chi connectivity index (χ2n) is 7.29. The van der Waals surface area contributed by atoms with Crippen molar-refractivity contribution in [2.75, 3.05) is 11.5 Å². The maximum absolute atomic E-state index is 12.7. The second kappa shape index (κ2) is 9.87. The lowest BCUT2D eigenvalue weighted by Gasteiger charge is -2.49. The van der Waals surface area contributed by atoms with Crippen LogP contribution in [0.4, 0.5) is 0 Å². The molecule has 2 aromatic rings. The molecular weight excluding hydrogens is 488 g/mol. The number of β-lactam (4-membered cyclic amide) rings is 1. The van der Waals surface area contributed by atoms with E-state index in [1.54, 1.807) is 30.3 Å². The molecule has 4 N–H and O–H groups in total. The molecule has 14 heteroatoms. The van der Waals surface area contributed by atoms with Crippen LogP contribution < -0.4 is 5.32 Å². The van der Waals surface area contributed by atoms with E-state index in [1.165, 1.54) is 11.8 Å². The van der Waals surface area contributed by atoms with Crippen LogP contribution >= 0.6 is 23.5 Å². The number of hydrogen-bond acceptors (Lipinski definition) is 10. The van der Waals surface area contributed by atoms with E-state index < -0.39 is 47.7 Å². The first-order valence-corrected chi connectivity index (χ1v) is 11.9. The first-order valence-electron chi connectivity index (χ1n) is 9.86. The molecule has 178 valence electrons. The number of aliphatic hydroxyl groups is 1. The molecule has 0 saturated carbocycles. The number of aliphatic hydroxyl groups excluding tert-OH is 1. The van der Waals surface area contributed by atoms with Crippen molar-refractivity contribution >= 4 is 47.3 Å². The van der Waals surface area contributed by atoms with Gasteiger partial charge in [0.2, 0.25) is 5.89 Å². The molecule has 0 spiro atoms. The van der Waals surface area contributed by atoms with Crippen LogP contribution in [0.25, 0.3) is 0 Å². The van der Waals surface area contributed by atoms with Gasteiger partial charge in [0, 0.05) is 11.5 Å². The third-order valence-corrected chi connectivity index (χ3v) is 7.28. The van der Waals surface area contributed by atoms with Crippen LogP contribution in [0.3, 0.4) is 0 Å². The van der Waals surface area contributed by atoms with Crippen molar-refractivity contribution in [2.24, 2.45) is 0 Å². The summed E-state index contributed by atoms with van der Waals surface area (Å²) in [6, 6.07) is 7.28. The zero-order chi connectivity index (χ0) is 24.4. The predicted molar refractivity (Wildman–Crippen MR) is 117 cm³/mol. The van der Waals surface area contributed by atoms with E-state index in [0.717, 1.165) is 16.7 Å². The zero-order valence-electron chi connectivity index (χ0n) is 17.3. The number of carboxylic acids is 2. The Kier molecular flexibility index (Phi) is 6.90. The van der Waals surface area contributed by atoms with Crippen LogP contribution in [-0.4, -0.2) is 77.1 Å². The third-order valence-electron chi connectivity index (χ3n) is 5.03. The normalized spacial score (nSPS) is 20.4. The summed E-state index contributed by atoms with van der Waals surface area (Å²) in [6.07, 6.45) is -1.89. The van der Waals surface area contributed by atoms with Gasteiger partial charge in [-0.3, -0.25) is 19.3 Å². The Labute approximate surface area is 200 Å². The van der Waals surface area contributed by atoms with Gasteiger partial charge in [-0.25, -0.2) is 4.79 Å². The summed E-state index contributed by atoms with van der Waals surface area (Å²) in [5, 5.41) is 38.1. The molecule has 0 bridgehead atoms. The summed E-state index contributed by atoms with van der Waals surface area (Å²) in [4.78, 5) is 49.0. The highest BCUT2D eigenvalue weighted by Crippen LogP contribution is 2.41. The number of hydrogen-bond donors (Lipinski definition) is 4. The minimum Gasteiger partial charge on any atom is -0.481 e. The largest absolute Gasteiger partial charge is 0.481 e. The maximum Gasteiger partial charge on any atom is 0.352 e. The standard InChI is InChI=1S/C20H18N4O8S2/c25-12(26)6-11-22-23-20(32-11)34-8-10-7-33-18-13(17(29)24(18)14(10)19(30)31)21-16(28)15(27)9-4-2-1-3-5-9/h1-5,13,15,18,27H,6-8H2,(H,21,28)(H,25,26)(H,30,31)/t13?,15?,18-/m1/s1. The molecule has 1 fully saturated rings. The molecule has 34 heavy (non-hydrogen) atoms. The van der Waals surface area contributed by atoms with E-state index in [4.69, 9.17) is 9.52 Å². The number of thioether (sulfide) groups is 2. The molecule has 2 unspecified atom stereocenters. The molecule has 1 aromatic carbocycles. The van der Waals surface area contributed by atoms with Gasteiger partial charge in [-0.05, 0) is 11.1 Å². The Bertz CT molecular complexity index is 1170. The van der Waals surface area contributed by atoms with Crippen molar-refractivity contribution in [3.05, 3.63) is 53.1 Å². The number of nitrogens with one attached hydrogen (secondary N) is 1. The summed E-state index contributed by atoms with van der Waals surface area (Å²) in [5.41, 5.74) is 0.637. The molecule has 0 radical (unpaired) electrons. The SMILES string of the molecule is O=C(O)Cc1nnc(SCC2=C(C(=O)O)N3C(=O)C(NC(=O)C(O)c4ccccc4)[C@H]3SC2)o1. The van der Waals surface area contributed by atoms with Crippen molar-refractivity contribution in [1.29, 1.82) is 0 Å². The number of rotatable bonds is 9. The molecular formula is C20H18N4O8S2. The monoisotopic (exact) mass is 506 g/mol. The number of aromatic nitrogens is 2. The molecule has 1 saturated heterocycles. The van der Waals surface area contributed by atoms with Gasteiger partial charge in [0.1, 0.15) is 23.5 Å². The number of aliphatic carboxylic acids is 2. The molecule has 4 rings (SSSR count). The summed E-state index contributed by atoms with van der Waals surface area (Å²) in [6.45, 7) is 0. The van der Waals surface area contributed by atoms with Crippen molar-refractivity contribution in [2.45, 2.75) is 29.2 Å². The highest BCUT2D eigenvalue weighted by atomic mass is 32.2. The van der Waals surface area contributed by atoms with Gasteiger partial charge in [-0.1, -0.05) is 42.1 Å². The van der Waals surface area contributed by atoms with Crippen LogP contribution in [0.2, 0.25) is 0 Å². The van der Waals surface area contributed by atoms with Crippen LogP contribution in [0.5, 0.6) is 0 Å². The second-order valence-corrected chi connectivity index (χ2v) is 9.32. The molecule has 12 nitrogen and oxygen atoms in total. The molecule has 3 heterocycles. The fourth-order valence-electron chi connectivity index (χ4n) is 3.46. The highest BCUT2D eigenvalue weighted by Gasteiger charge is 2.54. The number of nitrogens with zero attached hydrogens (tertiary/aromatic N) is 3. The fraction of sp³-hybridized carbons (Fsp3) is 0.300. The van der Waals surface area contributed by atoms with Crippen molar-refractivity contribution in [3.63, 3.8) is 0 Å². The van der Waals surface area contributed by atoms with E-state index >= 15 is 0 Å². The van der Waals surface area contributed by atoms with Gasteiger partial charge in [0.15, 0.2) is 6.10 Å². The Hall–Kier alpha value is -3.36. The van der Waals surface area contributed by atoms with Crippen LogP contribution in [0.15, 0.2) is 51.2 Å².